The second kappa shape index (κ2) is 8.30. The van der Waals surface area contributed by atoms with Gasteiger partial charge in [0.2, 0.25) is 5.91 Å². The molecule has 7 heteroatoms. The summed E-state index contributed by atoms with van der Waals surface area (Å²) < 4.78 is 0. The number of amides is 1. The Morgan fingerprint density at radius 1 is 1.42 bits per heavy atom. The second-order valence-electron chi connectivity index (χ2n) is 5.90. The monoisotopic (exact) mass is 385 g/mol. The third-order valence-electron chi connectivity index (χ3n) is 4.11. The maximum absolute atomic E-state index is 12.3. The number of aryl methyl sites for hydroxylation is 1. The summed E-state index contributed by atoms with van der Waals surface area (Å²) in [7, 11) is 0. The van der Waals surface area contributed by atoms with Crippen molar-refractivity contribution in [1.29, 1.82) is 0 Å². The Hall–Kier alpha value is -1.14. The van der Waals surface area contributed by atoms with E-state index in [-0.39, 0.29) is 30.3 Å². The van der Waals surface area contributed by atoms with E-state index in [4.69, 9.17) is 11.6 Å². The molecule has 4 nitrogen and oxygen atoms in total. The molecule has 0 aliphatic carbocycles. The summed E-state index contributed by atoms with van der Waals surface area (Å²) in [6.45, 7) is 5.71. The van der Waals surface area contributed by atoms with Crippen LogP contribution in [0.25, 0.3) is 10.6 Å². The van der Waals surface area contributed by atoms with Crippen molar-refractivity contribution in [1.82, 2.24) is 15.6 Å². The van der Waals surface area contributed by atoms with Gasteiger partial charge in [-0.1, -0.05) is 23.7 Å². The van der Waals surface area contributed by atoms with Gasteiger partial charge in [-0.3, -0.25) is 4.79 Å². The van der Waals surface area contributed by atoms with Crippen molar-refractivity contribution >= 4 is 41.3 Å². The van der Waals surface area contributed by atoms with Crippen LogP contribution in [0.4, 0.5) is 0 Å². The molecule has 2 N–H and O–H groups in total. The van der Waals surface area contributed by atoms with Gasteiger partial charge in [0.15, 0.2) is 0 Å². The van der Waals surface area contributed by atoms with Crippen molar-refractivity contribution in [3.05, 3.63) is 39.9 Å². The lowest BCUT2D eigenvalue weighted by molar-refractivity contribution is -0.125. The van der Waals surface area contributed by atoms with Gasteiger partial charge in [0.25, 0.3) is 0 Å². The van der Waals surface area contributed by atoms with Gasteiger partial charge in [-0.25, -0.2) is 4.98 Å². The van der Waals surface area contributed by atoms with E-state index in [9.17, 15) is 4.79 Å². The standard InChI is InChI=1S/C17H20ClN3OS.ClH/c1-10(20-16(22)13-7-8-19-9-13)15-11(2)21-17(23-15)12-3-5-14(18)6-4-12;/h3-6,10,13,19H,7-9H2,1-2H3,(H,20,22);1H. The van der Waals surface area contributed by atoms with Gasteiger partial charge in [-0.2, -0.15) is 0 Å². The van der Waals surface area contributed by atoms with Crippen LogP contribution in [0.2, 0.25) is 5.02 Å². The summed E-state index contributed by atoms with van der Waals surface area (Å²) in [5, 5.41) is 8.02. The van der Waals surface area contributed by atoms with Gasteiger partial charge in [-0.15, -0.1) is 23.7 Å². The lowest BCUT2D eigenvalue weighted by Gasteiger charge is -2.15. The largest absolute Gasteiger partial charge is 0.348 e. The Bertz CT molecular complexity index is 696. The number of halogens is 2. The predicted octanol–water partition coefficient (Wildman–Crippen LogP) is 3.98. The van der Waals surface area contributed by atoms with Gasteiger partial charge < -0.3 is 10.6 Å². The molecular weight excluding hydrogens is 365 g/mol. The molecule has 1 aromatic heterocycles. The Kier molecular flexibility index (Phi) is 6.63. The number of carbonyl (C=O) groups is 1. The third-order valence-corrected chi connectivity index (χ3v) is 5.75. The highest BCUT2D eigenvalue weighted by atomic mass is 35.5. The maximum Gasteiger partial charge on any atom is 0.224 e. The fraction of sp³-hybridized carbons (Fsp3) is 0.412. The van der Waals surface area contributed by atoms with E-state index in [1.165, 1.54) is 0 Å². The molecular formula is C17H21Cl2N3OS. The topological polar surface area (TPSA) is 54.0 Å². The third kappa shape index (κ3) is 4.28. The molecule has 2 unspecified atom stereocenters. The van der Waals surface area contributed by atoms with E-state index in [2.05, 4.69) is 15.6 Å². The molecule has 130 valence electrons. The van der Waals surface area contributed by atoms with Gasteiger partial charge >= 0.3 is 0 Å². The SMILES string of the molecule is Cc1nc(-c2ccc(Cl)cc2)sc1C(C)NC(=O)C1CCNC1.Cl. The molecule has 1 fully saturated rings. The number of nitrogens with zero attached hydrogens (tertiary/aromatic N) is 1. The Labute approximate surface area is 157 Å². The van der Waals surface area contributed by atoms with Crippen molar-refractivity contribution in [2.75, 3.05) is 13.1 Å². The minimum atomic E-state index is -0.0262. The highest BCUT2D eigenvalue weighted by Gasteiger charge is 2.25. The van der Waals surface area contributed by atoms with E-state index in [1.54, 1.807) is 11.3 Å². The average Bonchev–Trinajstić information content (AvgIpc) is 3.17. The van der Waals surface area contributed by atoms with Crippen molar-refractivity contribution in [2.45, 2.75) is 26.3 Å². The van der Waals surface area contributed by atoms with Gasteiger partial charge in [0.05, 0.1) is 22.5 Å². The van der Waals surface area contributed by atoms with Crippen LogP contribution in [0.5, 0.6) is 0 Å². The van der Waals surface area contributed by atoms with E-state index >= 15 is 0 Å². The number of hydrogen-bond acceptors (Lipinski definition) is 4. The van der Waals surface area contributed by atoms with E-state index < -0.39 is 0 Å². The molecule has 1 aliphatic rings. The first-order valence-electron chi connectivity index (χ1n) is 7.79. The summed E-state index contributed by atoms with van der Waals surface area (Å²) in [5.41, 5.74) is 2.02. The molecule has 1 saturated heterocycles. The van der Waals surface area contributed by atoms with Gasteiger partial charge in [0, 0.05) is 17.1 Å². The molecule has 24 heavy (non-hydrogen) atoms. The number of thiazole rings is 1. The molecule has 2 heterocycles. The zero-order chi connectivity index (χ0) is 16.4. The molecule has 0 radical (unpaired) electrons. The molecule has 1 aliphatic heterocycles. The van der Waals surface area contributed by atoms with Crippen molar-refractivity contribution in [3.8, 4) is 10.6 Å². The number of aromatic nitrogens is 1. The lowest BCUT2D eigenvalue weighted by Crippen LogP contribution is -2.33. The fourth-order valence-corrected chi connectivity index (χ4v) is 4.00. The molecule has 0 saturated carbocycles. The van der Waals surface area contributed by atoms with Crippen LogP contribution in [-0.2, 0) is 4.79 Å². The van der Waals surface area contributed by atoms with Gasteiger partial charge in [-0.05, 0) is 38.9 Å². The Morgan fingerprint density at radius 2 is 2.12 bits per heavy atom. The van der Waals surface area contributed by atoms with Crippen molar-refractivity contribution < 1.29 is 4.79 Å². The van der Waals surface area contributed by atoms with E-state index in [0.717, 1.165) is 40.7 Å². The van der Waals surface area contributed by atoms with Crippen LogP contribution < -0.4 is 10.6 Å². The summed E-state index contributed by atoms with van der Waals surface area (Å²) in [5.74, 6) is 0.213. The summed E-state index contributed by atoms with van der Waals surface area (Å²) in [4.78, 5) is 18.0. The number of benzene rings is 1. The highest BCUT2D eigenvalue weighted by molar-refractivity contribution is 7.15. The maximum atomic E-state index is 12.3. The van der Waals surface area contributed by atoms with Crippen molar-refractivity contribution in [2.24, 2.45) is 5.92 Å². The smallest absolute Gasteiger partial charge is 0.224 e. The summed E-state index contributed by atoms with van der Waals surface area (Å²) in [6.07, 6.45) is 0.913. The van der Waals surface area contributed by atoms with Crippen molar-refractivity contribution in [3.63, 3.8) is 0 Å². The van der Waals surface area contributed by atoms with Crippen LogP contribution in [0.1, 0.15) is 30.0 Å². The summed E-state index contributed by atoms with van der Waals surface area (Å²) >= 11 is 7.56. The first-order chi connectivity index (χ1) is 11.0. The molecule has 0 bridgehead atoms. The average molecular weight is 386 g/mol. The minimum absolute atomic E-state index is 0. The molecule has 1 aromatic carbocycles. The lowest BCUT2D eigenvalue weighted by atomic mass is 10.1. The Morgan fingerprint density at radius 3 is 2.75 bits per heavy atom. The molecule has 2 atom stereocenters. The van der Waals surface area contributed by atoms with E-state index in [0.29, 0.717) is 5.02 Å². The minimum Gasteiger partial charge on any atom is -0.348 e. The normalized spacial score (nSPS) is 18.0. The fourth-order valence-electron chi connectivity index (χ4n) is 2.80. The predicted molar refractivity (Wildman–Crippen MR) is 102 cm³/mol. The second-order valence-corrected chi connectivity index (χ2v) is 7.36. The molecule has 1 amide bonds. The first-order valence-corrected chi connectivity index (χ1v) is 8.98. The van der Waals surface area contributed by atoms with Crippen LogP contribution in [0, 0.1) is 12.8 Å². The van der Waals surface area contributed by atoms with Crippen LogP contribution >= 0.6 is 35.3 Å². The van der Waals surface area contributed by atoms with Gasteiger partial charge in [0.1, 0.15) is 5.01 Å². The van der Waals surface area contributed by atoms with Crippen LogP contribution in [0.3, 0.4) is 0 Å². The number of rotatable bonds is 4. The molecule has 2 aromatic rings. The quantitative estimate of drug-likeness (QED) is 0.836. The summed E-state index contributed by atoms with van der Waals surface area (Å²) in [6, 6.07) is 7.65. The number of nitrogens with one attached hydrogen (secondary N) is 2. The zero-order valence-corrected chi connectivity index (χ0v) is 16.0. The molecule has 0 spiro atoms. The zero-order valence-electron chi connectivity index (χ0n) is 13.6. The Balaban J connectivity index is 0.00000208. The van der Waals surface area contributed by atoms with E-state index in [1.807, 2.05) is 38.1 Å². The molecule has 3 rings (SSSR count). The van der Waals surface area contributed by atoms with Crippen LogP contribution in [-0.4, -0.2) is 24.0 Å². The van der Waals surface area contributed by atoms with Crippen LogP contribution in [0.15, 0.2) is 24.3 Å². The highest BCUT2D eigenvalue weighted by Crippen LogP contribution is 2.32. The number of hydrogen-bond donors (Lipinski definition) is 2. The first kappa shape index (κ1) is 19.2. The number of carbonyl (C=O) groups excluding carboxylic acids is 1.